The van der Waals surface area contributed by atoms with Crippen LogP contribution in [0.25, 0.3) is 6.08 Å². The van der Waals surface area contributed by atoms with Crippen LogP contribution < -0.4 is 24.4 Å². The standard InChI is InChI=1S/C32H28BrFN2O5S/c1-4-39-25-15-22(24(33)17-26(25)41-18-20-11-13-23(34)14-12-20)16-27-30(37)36-29(21-9-7-6-8-10-21)28(31(38)40-5-2)19(3)35-32(36)42-27/h6-17,29H,4-5,18H2,1-3H3/b27-16-/t29-/m1/s1. The van der Waals surface area contributed by atoms with Crippen molar-refractivity contribution in [1.82, 2.24) is 4.57 Å². The van der Waals surface area contributed by atoms with Crippen molar-refractivity contribution in [1.29, 1.82) is 0 Å². The number of carbonyl (C=O) groups excluding carboxylic acids is 1. The van der Waals surface area contributed by atoms with E-state index >= 15 is 0 Å². The molecule has 0 radical (unpaired) electrons. The number of rotatable bonds is 9. The van der Waals surface area contributed by atoms with Crippen LogP contribution in [-0.4, -0.2) is 23.8 Å². The van der Waals surface area contributed by atoms with E-state index in [0.717, 1.165) is 11.1 Å². The largest absolute Gasteiger partial charge is 0.490 e. The number of hydrogen-bond donors (Lipinski definition) is 0. The van der Waals surface area contributed by atoms with E-state index in [4.69, 9.17) is 14.2 Å². The molecule has 4 aromatic rings. The number of fused-ring (bicyclic) bond motifs is 1. The molecule has 42 heavy (non-hydrogen) atoms. The molecular formula is C32H28BrFN2O5S. The van der Waals surface area contributed by atoms with Gasteiger partial charge in [-0.1, -0.05) is 69.7 Å². The van der Waals surface area contributed by atoms with Crippen LogP contribution in [0.15, 0.2) is 92.3 Å². The summed E-state index contributed by atoms with van der Waals surface area (Å²) in [5.41, 5.74) is 2.87. The normalized spacial score (nSPS) is 14.8. The van der Waals surface area contributed by atoms with E-state index in [0.29, 0.717) is 48.7 Å². The second kappa shape index (κ2) is 12.9. The van der Waals surface area contributed by atoms with E-state index in [-0.39, 0.29) is 24.6 Å². The van der Waals surface area contributed by atoms with Gasteiger partial charge in [0.25, 0.3) is 5.56 Å². The molecule has 0 unspecified atom stereocenters. The second-order valence-corrected chi connectivity index (χ2v) is 11.2. The van der Waals surface area contributed by atoms with E-state index in [1.807, 2.05) is 37.3 Å². The van der Waals surface area contributed by atoms with Gasteiger partial charge in [0.2, 0.25) is 0 Å². The number of aromatic nitrogens is 1. The van der Waals surface area contributed by atoms with E-state index in [2.05, 4.69) is 20.9 Å². The van der Waals surface area contributed by atoms with Crippen LogP contribution in [0.1, 0.15) is 43.5 Å². The molecule has 0 spiro atoms. The number of halogens is 2. The highest BCUT2D eigenvalue weighted by molar-refractivity contribution is 9.10. The topological polar surface area (TPSA) is 79.1 Å². The summed E-state index contributed by atoms with van der Waals surface area (Å²) < 4.78 is 33.2. The Labute approximate surface area is 254 Å². The van der Waals surface area contributed by atoms with Crippen molar-refractivity contribution < 1.29 is 23.4 Å². The zero-order valence-corrected chi connectivity index (χ0v) is 25.6. The lowest BCUT2D eigenvalue weighted by Gasteiger charge is -2.24. The van der Waals surface area contributed by atoms with Gasteiger partial charge in [0.1, 0.15) is 12.4 Å². The lowest BCUT2D eigenvalue weighted by molar-refractivity contribution is -0.139. The fourth-order valence-electron chi connectivity index (χ4n) is 4.67. The molecule has 216 valence electrons. The smallest absolute Gasteiger partial charge is 0.338 e. The molecular weight excluding hydrogens is 623 g/mol. The Kier molecular flexibility index (Phi) is 9.03. The minimum Gasteiger partial charge on any atom is -0.490 e. The fourth-order valence-corrected chi connectivity index (χ4v) is 6.14. The van der Waals surface area contributed by atoms with E-state index < -0.39 is 12.0 Å². The Balaban J connectivity index is 1.57. The Hall–Kier alpha value is -4.02. The lowest BCUT2D eigenvalue weighted by Crippen LogP contribution is -2.39. The van der Waals surface area contributed by atoms with E-state index in [9.17, 15) is 14.0 Å². The van der Waals surface area contributed by atoms with Crippen molar-refractivity contribution in [3.63, 3.8) is 0 Å². The van der Waals surface area contributed by atoms with Gasteiger partial charge in [-0.05, 0) is 67.8 Å². The first-order valence-electron chi connectivity index (χ1n) is 13.4. The van der Waals surface area contributed by atoms with Crippen LogP contribution >= 0.6 is 27.3 Å². The summed E-state index contributed by atoms with van der Waals surface area (Å²) in [6.07, 6.45) is 1.77. The van der Waals surface area contributed by atoms with Gasteiger partial charge in [0, 0.05) is 4.47 Å². The van der Waals surface area contributed by atoms with Crippen molar-refractivity contribution >= 4 is 39.3 Å². The molecule has 10 heteroatoms. The number of allylic oxidation sites excluding steroid dienone is 1. The van der Waals surface area contributed by atoms with Gasteiger partial charge in [0.05, 0.1) is 35.1 Å². The fraction of sp³-hybridized carbons (Fsp3) is 0.219. The first kappa shape index (κ1) is 29.5. The van der Waals surface area contributed by atoms with Crippen molar-refractivity contribution in [3.8, 4) is 11.5 Å². The zero-order valence-electron chi connectivity index (χ0n) is 23.2. The molecule has 0 amide bonds. The number of hydrogen-bond acceptors (Lipinski definition) is 7. The molecule has 0 aliphatic carbocycles. The summed E-state index contributed by atoms with van der Waals surface area (Å²) in [4.78, 5) is 32.1. The molecule has 1 atom stereocenters. The summed E-state index contributed by atoms with van der Waals surface area (Å²) >= 11 is 4.86. The summed E-state index contributed by atoms with van der Waals surface area (Å²) in [6, 6.07) is 18.4. The highest BCUT2D eigenvalue weighted by atomic mass is 79.9. The maximum absolute atomic E-state index is 13.9. The Morgan fingerprint density at radius 3 is 2.45 bits per heavy atom. The highest BCUT2D eigenvalue weighted by Gasteiger charge is 2.33. The van der Waals surface area contributed by atoms with Gasteiger partial charge in [0.15, 0.2) is 16.3 Å². The molecule has 0 fully saturated rings. The maximum atomic E-state index is 13.9. The number of benzene rings is 3. The third-order valence-electron chi connectivity index (χ3n) is 6.59. The number of carbonyl (C=O) groups is 1. The zero-order chi connectivity index (χ0) is 29.8. The third-order valence-corrected chi connectivity index (χ3v) is 8.26. The van der Waals surface area contributed by atoms with Crippen LogP contribution in [0, 0.1) is 5.82 Å². The molecule has 0 saturated carbocycles. The van der Waals surface area contributed by atoms with Gasteiger partial charge in [-0.25, -0.2) is 14.2 Å². The van der Waals surface area contributed by atoms with Crippen molar-refractivity contribution in [3.05, 3.63) is 125 Å². The van der Waals surface area contributed by atoms with Gasteiger partial charge >= 0.3 is 5.97 Å². The average Bonchev–Trinajstić information content (AvgIpc) is 3.28. The summed E-state index contributed by atoms with van der Waals surface area (Å²) in [7, 11) is 0. The van der Waals surface area contributed by atoms with Crippen LogP contribution in [0.2, 0.25) is 0 Å². The van der Waals surface area contributed by atoms with Gasteiger partial charge < -0.3 is 14.2 Å². The van der Waals surface area contributed by atoms with E-state index in [1.54, 1.807) is 48.8 Å². The summed E-state index contributed by atoms with van der Waals surface area (Å²) in [5, 5.41) is 0. The first-order valence-corrected chi connectivity index (χ1v) is 15.0. The molecule has 1 aliphatic rings. The van der Waals surface area contributed by atoms with Gasteiger partial charge in [-0.15, -0.1) is 0 Å². The maximum Gasteiger partial charge on any atom is 0.338 e. The molecule has 0 bridgehead atoms. The Morgan fingerprint density at radius 2 is 1.76 bits per heavy atom. The molecule has 7 nitrogen and oxygen atoms in total. The highest BCUT2D eigenvalue weighted by Crippen LogP contribution is 2.35. The molecule has 1 aliphatic heterocycles. The predicted octanol–water partition coefficient (Wildman–Crippen LogP) is 5.68. The van der Waals surface area contributed by atoms with Crippen molar-refractivity contribution in [2.45, 2.75) is 33.4 Å². The monoisotopic (exact) mass is 650 g/mol. The second-order valence-electron chi connectivity index (χ2n) is 9.38. The molecule has 5 rings (SSSR count). The SMILES string of the molecule is CCOC(=O)C1=C(C)N=c2s/c(=C\c3cc(OCC)c(OCc4ccc(F)cc4)cc3Br)c(=O)n2[C@@H]1c1ccccc1. The molecule has 3 aromatic carbocycles. The first-order chi connectivity index (χ1) is 20.3. The molecule has 1 aromatic heterocycles. The quantitative estimate of drug-likeness (QED) is 0.218. The minimum absolute atomic E-state index is 0.210. The Bertz CT molecular complexity index is 1830. The summed E-state index contributed by atoms with van der Waals surface area (Å²) in [5.74, 6) is 0.200. The lowest BCUT2D eigenvalue weighted by atomic mass is 9.96. The third kappa shape index (κ3) is 6.10. The van der Waals surface area contributed by atoms with Gasteiger partial charge in [-0.2, -0.15) is 0 Å². The van der Waals surface area contributed by atoms with E-state index in [1.165, 1.54) is 23.5 Å². The van der Waals surface area contributed by atoms with Crippen molar-refractivity contribution in [2.75, 3.05) is 13.2 Å². The predicted molar refractivity (Wildman–Crippen MR) is 163 cm³/mol. The number of ether oxygens (including phenoxy) is 3. The molecule has 2 heterocycles. The van der Waals surface area contributed by atoms with Crippen LogP contribution in [0.3, 0.4) is 0 Å². The molecule has 0 N–H and O–H groups in total. The van der Waals surface area contributed by atoms with Crippen LogP contribution in [0.5, 0.6) is 11.5 Å². The van der Waals surface area contributed by atoms with Crippen molar-refractivity contribution in [2.24, 2.45) is 4.99 Å². The average molecular weight is 652 g/mol. The van der Waals surface area contributed by atoms with Gasteiger partial charge in [-0.3, -0.25) is 9.36 Å². The van der Waals surface area contributed by atoms with Crippen LogP contribution in [0.4, 0.5) is 4.39 Å². The number of esters is 1. The number of nitrogens with zero attached hydrogens (tertiary/aromatic N) is 2. The summed E-state index contributed by atoms with van der Waals surface area (Å²) in [6.45, 7) is 6.22. The Morgan fingerprint density at radius 1 is 1.05 bits per heavy atom. The molecule has 0 saturated heterocycles. The van der Waals surface area contributed by atoms with Crippen LogP contribution in [-0.2, 0) is 16.1 Å². The number of thiazole rings is 1. The minimum atomic E-state index is -0.673.